The van der Waals surface area contributed by atoms with Gasteiger partial charge in [0.25, 0.3) is 0 Å². The molecule has 2 rings (SSSR count). The molecule has 1 fully saturated rings. The quantitative estimate of drug-likeness (QED) is 0.850. The molecule has 2 unspecified atom stereocenters. The van der Waals surface area contributed by atoms with Gasteiger partial charge in [-0.1, -0.05) is 13.0 Å². The molecule has 16 heavy (non-hydrogen) atoms. The minimum atomic E-state index is 0.720. The molecule has 0 amide bonds. The zero-order valence-electron chi connectivity index (χ0n) is 9.47. The fraction of sp³-hybridized carbons (Fsp3) is 0.538. The van der Waals surface area contributed by atoms with Gasteiger partial charge in [0.05, 0.1) is 0 Å². The van der Waals surface area contributed by atoms with E-state index < -0.39 is 0 Å². The highest BCUT2D eigenvalue weighted by Gasteiger charge is 2.20. The van der Waals surface area contributed by atoms with Gasteiger partial charge in [-0.15, -0.1) is 0 Å². The third kappa shape index (κ3) is 3.31. The molecule has 88 valence electrons. The molecule has 1 aromatic rings. The summed E-state index contributed by atoms with van der Waals surface area (Å²) < 4.78 is 2.25. The Kier molecular flexibility index (Phi) is 4.45. The monoisotopic (exact) mass is 345 g/mol. The van der Waals surface area contributed by atoms with E-state index in [0.29, 0.717) is 0 Å². The first-order valence-corrected chi connectivity index (χ1v) is 7.41. The van der Waals surface area contributed by atoms with Crippen molar-refractivity contribution in [2.24, 2.45) is 5.92 Å². The van der Waals surface area contributed by atoms with Gasteiger partial charge in [-0.25, -0.2) is 0 Å². The van der Waals surface area contributed by atoms with Crippen molar-refractivity contribution in [3.8, 4) is 0 Å². The minimum absolute atomic E-state index is 0.720. The fourth-order valence-electron chi connectivity index (χ4n) is 2.30. The molecule has 1 aromatic carbocycles. The Hall–Kier alpha value is 0.140. The summed E-state index contributed by atoms with van der Waals surface area (Å²) in [6.07, 6.45) is 4.04. The Balaban J connectivity index is 1.87. The van der Waals surface area contributed by atoms with Crippen LogP contribution in [0.1, 0.15) is 31.7 Å². The van der Waals surface area contributed by atoms with Gasteiger partial charge in [0, 0.05) is 21.5 Å². The van der Waals surface area contributed by atoms with Crippen LogP contribution in [-0.4, -0.2) is 6.04 Å². The number of hydrogen-bond acceptors (Lipinski definition) is 1. The molecule has 0 radical (unpaired) electrons. The SMILES string of the molecule is CC1CCC(NCc2ccc(Br)c(Br)c2)C1. The van der Waals surface area contributed by atoms with Crippen LogP contribution in [0.3, 0.4) is 0 Å². The maximum Gasteiger partial charge on any atom is 0.0320 e. The maximum atomic E-state index is 3.64. The first kappa shape index (κ1) is 12.6. The Labute approximate surface area is 114 Å². The predicted octanol–water partition coefficient (Wildman–Crippen LogP) is 4.49. The first-order valence-electron chi connectivity index (χ1n) is 5.82. The lowest BCUT2D eigenvalue weighted by Crippen LogP contribution is -2.25. The zero-order valence-corrected chi connectivity index (χ0v) is 12.6. The summed E-state index contributed by atoms with van der Waals surface area (Å²) in [6, 6.07) is 7.16. The van der Waals surface area contributed by atoms with Gasteiger partial charge >= 0.3 is 0 Å². The molecule has 1 aliphatic rings. The standard InChI is InChI=1S/C13H17Br2N/c1-9-2-4-11(6-9)16-8-10-3-5-12(14)13(15)7-10/h3,5,7,9,11,16H,2,4,6,8H2,1H3. The fourth-order valence-corrected chi connectivity index (χ4v) is 2.98. The lowest BCUT2D eigenvalue weighted by atomic mass is 10.1. The molecule has 0 heterocycles. The van der Waals surface area contributed by atoms with Gasteiger partial charge in [-0.2, -0.15) is 0 Å². The molecule has 0 bridgehead atoms. The van der Waals surface area contributed by atoms with E-state index in [1.165, 1.54) is 24.8 Å². The third-order valence-corrected chi connectivity index (χ3v) is 5.15. The lowest BCUT2D eigenvalue weighted by Gasteiger charge is -2.12. The van der Waals surface area contributed by atoms with Crippen LogP contribution in [-0.2, 0) is 6.54 Å². The summed E-state index contributed by atoms with van der Waals surface area (Å²) in [4.78, 5) is 0. The van der Waals surface area contributed by atoms with Crippen molar-refractivity contribution in [2.75, 3.05) is 0 Å². The Morgan fingerprint density at radius 1 is 1.25 bits per heavy atom. The summed E-state index contributed by atoms with van der Waals surface area (Å²) in [5, 5.41) is 3.64. The van der Waals surface area contributed by atoms with Crippen LogP contribution in [0.25, 0.3) is 0 Å². The summed E-state index contributed by atoms with van der Waals surface area (Å²) in [5.74, 6) is 0.897. The topological polar surface area (TPSA) is 12.0 Å². The number of hydrogen-bond donors (Lipinski definition) is 1. The van der Waals surface area contributed by atoms with E-state index in [1.54, 1.807) is 0 Å². The molecule has 2 atom stereocenters. The second-order valence-electron chi connectivity index (χ2n) is 4.74. The molecule has 3 heteroatoms. The second kappa shape index (κ2) is 5.65. The highest BCUT2D eigenvalue weighted by atomic mass is 79.9. The molecule has 1 N–H and O–H groups in total. The van der Waals surface area contributed by atoms with Gasteiger partial charge in [-0.05, 0) is 74.7 Å². The van der Waals surface area contributed by atoms with Gasteiger partial charge in [-0.3, -0.25) is 0 Å². The van der Waals surface area contributed by atoms with E-state index in [4.69, 9.17) is 0 Å². The largest absolute Gasteiger partial charge is 0.310 e. The number of benzene rings is 1. The predicted molar refractivity (Wildman–Crippen MR) is 75.5 cm³/mol. The van der Waals surface area contributed by atoms with E-state index in [0.717, 1.165) is 27.4 Å². The smallest absolute Gasteiger partial charge is 0.0320 e. The molecule has 1 saturated carbocycles. The summed E-state index contributed by atoms with van der Waals surface area (Å²) in [6.45, 7) is 3.32. The summed E-state index contributed by atoms with van der Waals surface area (Å²) in [5.41, 5.74) is 1.34. The van der Waals surface area contributed by atoms with E-state index in [9.17, 15) is 0 Å². The van der Waals surface area contributed by atoms with Crippen molar-refractivity contribution >= 4 is 31.9 Å². The van der Waals surface area contributed by atoms with Gasteiger partial charge in [0.2, 0.25) is 0 Å². The second-order valence-corrected chi connectivity index (χ2v) is 6.45. The summed E-state index contributed by atoms with van der Waals surface area (Å²) in [7, 11) is 0. The van der Waals surface area contributed by atoms with Gasteiger partial charge in [0.1, 0.15) is 0 Å². The van der Waals surface area contributed by atoms with Crippen LogP contribution in [0, 0.1) is 5.92 Å². The number of halogens is 2. The van der Waals surface area contributed by atoms with E-state index in [2.05, 4.69) is 62.3 Å². The van der Waals surface area contributed by atoms with Crippen molar-refractivity contribution in [1.82, 2.24) is 5.32 Å². The van der Waals surface area contributed by atoms with Crippen molar-refractivity contribution < 1.29 is 0 Å². The van der Waals surface area contributed by atoms with E-state index >= 15 is 0 Å². The Bertz CT molecular complexity index is 365. The van der Waals surface area contributed by atoms with Crippen LogP contribution in [0.4, 0.5) is 0 Å². The summed E-state index contributed by atoms with van der Waals surface area (Å²) >= 11 is 7.02. The van der Waals surface area contributed by atoms with Crippen LogP contribution in [0.5, 0.6) is 0 Å². The highest BCUT2D eigenvalue weighted by molar-refractivity contribution is 9.13. The van der Waals surface area contributed by atoms with Crippen molar-refractivity contribution in [1.29, 1.82) is 0 Å². The molecule has 1 nitrogen and oxygen atoms in total. The van der Waals surface area contributed by atoms with Gasteiger partial charge in [0.15, 0.2) is 0 Å². The van der Waals surface area contributed by atoms with Crippen LogP contribution in [0.15, 0.2) is 27.1 Å². The highest BCUT2D eigenvalue weighted by Crippen LogP contribution is 2.26. The average Bonchev–Trinajstić information content (AvgIpc) is 2.66. The number of nitrogens with one attached hydrogen (secondary N) is 1. The molecule has 0 spiro atoms. The van der Waals surface area contributed by atoms with E-state index in [1.807, 2.05) is 0 Å². The Morgan fingerprint density at radius 2 is 2.06 bits per heavy atom. The van der Waals surface area contributed by atoms with Crippen molar-refractivity contribution in [3.05, 3.63) is 32.7 Å². The lowest BCUT2D eigenvalue weighted by molar-refractivity contribution is 0.502. The molecule has 1 aliphatic carbocycles. The molecular formula is C13H17Br2N. The maximum absolute atomic E-state index is 3.64. The normalized spacial score (nSPS) is 24.9. The van der Waals surface area contributed by atoms with E-state index in [-0.39, 0.29) is 0 Å². The minimum Gasteiger partial charge on any atom is -0.310 e. The molecule has 0 aromatic heterocycles. The molecule has 0 aliphatic heterocycles. The van der Waals surface area contributed by atoms with Crippen LogP contribution < -0.4 is 5.32 Å². The average molecular weight is 347 g/mol. The molecule has 0 saturated heterocycles. The first-order chi connectivity index (χ1) is 7.65. The Morgan fingerprint density at radius 3 is 2.69 bits per heavy atom. The van der Waals surface area contributed by atoms with Crippen LogP contribution in [0.2, 0.25) is 0 Å². The van der Waals surface area contributed by atoms with Crippen LogP contribution >= 0.6 is 31.9 Å². The molecular weight excluding hydrogens is 330 g/mol. The zero-order chi connectivity index (χ0) is 11.5. The third-order valence-electron chi connectivity index (χ3n) is 3.27. The van der Waals surface area contributed by atoms with Crippen molar-refractivity contribution in [2.45, 2.75) is 38.8 Å². The number of rotatable bonds is 3. The van der Waals surface area contributed by atoms with Crippen molar-refractivity contribution in [3.63, 3.8) is 0 Å². The van der Waals surface area contributed by atoms with Gasteiger partial charge < -0.3 is 5.32 Å².